The number of rotatable bonds is 10. The number of sulfonamides is 1. The molecule has 0 aliphatic carbocycles. The van der Waals surface area contributed by atoms with E-state index >= 15 is 0 Å². The lowest BCUT2D eigenvalue weighted by Crippen LogP contribution is -2.52. The molecular weight excluding hydrogens is 506 g/mol. The van der Waals surface area contributed by atoms with Crippen LogP contribution in [0, 0.1) is 0 Å². The first-order chi connectivity index (χ1) is 15.4. The van der Waals surface area contributed by atoms with E-state index in [0.29, 0.717) is 12.1 Å². The lowest BCUT2D eigenvalue weighted by molar-refractivity contribution is -0.139. The van der Waals surface area contributed by atoms with E-state index in [2.05, 4.69) is 21.2 Å². The van der Waals surface area contributed by atoms with Gasteiger partial charge in [-0.1, -0.05) is 53.2 Å². The quantitative estimate of drug-likeness (QED) is 0.500. The van der Waals surface area contributed by atoms with E-state index in [4.69, 9.17) is 0 Å². The van der Waals surface area contributed by atoms with Gasteiger partial charge in [0.1, 0.15) is 12.6 Å². The Bertz CT molecular complexity index is 1070. The number of aryl methyl sites for hydroxylation is 1. The Morgan fingerprint density at radius 2 is 1.64 bits per heavy atom. The molecule has 9 heteroatoms. The molecule has 0 aliphatic rings. The SMILES string of the molecule is CCc1ccccc1N(CC(=O)N(Cc1ccc(Br)cc1)[C@@H](C)C(=O)NC(C)C)S(C)(=O)=O. The third-order valence-electron chi connectivity index (χ3n) is 5.18. The average molecular weight is 539 g/mol. The highest BCUT2D eigenvalue weighted by Gasteiger charge is 2.30. The highest BCUT2D eigenvalue weighted by atomic mass is 79.9. The summed E-state index contributed by atoms with van der Waals surface area (Å²) in [5, 5.41) is 2.83. The van der Waals surface area contributed by atoms with Crippen LogP contribution in [0.4, 0.5) is 5.69 Å². The number of carbonyl (C=O) groups is 2. The smallest absolute Gasteiger partial charge is 0.244 e. The van der Waals surface area contributed by atoms with Crippen molar-refractivity contribution in [2.75, 3.05) is 17.1 Å². The molecule has 0 aliphatic heterocycles. The number of nitrogens with zero attached hydrogens (tertiary/aromatic N) is 2. The lowest BCUT2D eigenvalue weighted by Gasteiger charge is -2.32. The summed E-state index contributed by atoms with van der Waals surface area (Å²) in [7, 11) is -3.74. The maximum Gasteiger partial charge on any atom is 0.244 e. The number of hydrogen-bond acceptors (Lipinski definition) is 4. The van der Waals surface area contributed by atoms with E-state index in [1.807, 2.05) is 57.2 Å². The van der Waals surface area contributed by atoms with Crippen LogP contribution in [0.2, 0.25) is 0 Å². The van der Waals surface area contributed by atoms with Crippen molar-refractivity contribution in [3.05, 3.63) is 64.1 Å². The zero-order chi connectivity index (χ0) is 24.8. The third kappa shape index (κ3) is 7.57. The standard InChI is InChI=1S/C24H32BrN3O4S/c1-6-20-9-7-8-10-22(20)28(33(5,31)32)16-23(29)27(18(4)24(30)26-17(2)3)15-19-11-13-21(25)14-12-19/h7-14,17-18H,6,15-16H2,1-5H3,(H,26,30)/t18-/m0/s1. The maximum absolute atomic E-state index is 13.5. The molecular formula is C24H32BrN3O4S. The number of halogens is 1. The van der Waals surface area contributed by atoms with Gasteiger partial charge in [-0.2, -0.15) is 0 Å². The summed E-state index contributed by atoms with van der Waals surface area (Å²) in [6.07, 6.45) is 1.70. The Hall–Kier alpha value is -2.39. The first kappa shape index (κ1) is 26.9. The fourth-order valence-corrected chi connectivity index (χ4v) is 4.57. The molecule has 0 saturated carbocycles. The summed E-state index contributed by atoms with van der Waals surface area (Å²) in [4.78, 5) is 27.7. The fraction of sp³-hybridized carbons (Fsp3) is 0.417. The molecule has 2 rings (SSSR count). The van der Waals surface area contributed by atoms with Crippen molar-refractivity contribution in [3.8, 4) is 0 Å². The lowest BCUT2D eigenvalue weighted by atomic mass is 10.1. The van der Waals surface area contributed by atoms with E-state index in [1.165, 1.54) is 4.90 Å². The Kier molecular flexibility index (Phi) is 9.48. The van der Waals surface area contributed by atoms with Crippen LogP contribution in [-0.4, -0.2) is 50.0 Å². The van der Waals surface area contributed by atoms with Gasteiger partial charge in [-0.05, 0) is 56.5 Å². The van der Waals surface area contributed by atoms with Crippen LogP contribution in [0.5, 0.6) is 0 Å². The van der Waals surface area contributed by atoms with Gasteiger partial charge < -0.3 is 10.2 Å². The van der Waals surface area contributed by atoms with Crippen molar-refractivity contribution >= 4 is 43.5 Å². The summed E-state index contributed by atoms with van der Waals surface area (Å²) in [6, 6.07) is 13.7. The molecule has 0 radical (unpaired) electrons. The van der Waals surface area contributed by atoms with Gasteiger partial charge in [0.2, 0.25) is 21.8 Å². The summed E-state index contributed by atoms with van der Waals surface area (Å²) >= 11 is 3.40. The molecule has 33 heavy (non-hydrogen) atoms. The number of nitrogens with one attached hydrogen (secondary N) is 1. The molecule has 0 unspecified atom stereocenters. The second kappa shape index (κ2) is 11.7. The van der Waals surface area contributed by atoms with Crippen LogP contribution in [0.1, 0.15) is 38.8 Å². The topological polar surface area (TPSA) is 86.8 Å². The van der Waals surface area contributed by atoms with Gasteiger partial charge in [0.05, 0.1) is 11.9 Å². The molecule has 0 fully saturated rings. The predicted octanol–water partition coefficient (Wildman–Crippen LogP) is 3.72. The second-order valence-corrected chi connectivity index (χ2v) is 11.1. The molecule has 1 atom stereocenters. The van der Waals surface area contributed by atoms with E-state index in [0.717, 1.165) is 26.2 Å². The first-order valence-corrected chi connectivity index (χ1v) is 13.5. The molecule has 2 aromatic rings. The highest BCUT2D eigenvalue weighted by molar-refractivity contribution is 9.10. The summed E-state index contributed by atoms with van der Waals surface area (Å²) in [6.45, 7) is 7.05. The first-order valence-electron chi connectivity index (χ1n) is 10.8. The largest absolute Gasteiger partial charge is 0.352 e. The van der Waals surface area contributed by atoms with Crippen LogP contribution in [-0.2, 0) is 32.6 Å². The van der Waals surface area contributed by atoms with Crippen LogP contribution in [0.15, 0.2) is 53.0 Å². The molecule has 0 bridgehead atoms. The monoisotopic (exact) mass is 537 g/mol. The van der Waals surface area contributed by atoms with Crippen molar-refractivity contribution in [3.63, 3.8) is 0 Å². The van der Waals surface area contributed by atoms with Gasteiger partial charge in [0, 0.05) is 17.1 Å². The molecule has 180 valence electrons. The summed E-state index contributed by atoms with van der Waals surface area (Å²) in [5.41, 5.74) is 2.12. The maximum atomic E-state index is 13.5. The zero-order valence-electron chi connectivity index (χ0n) is 19.7. The molecule has 0 aromatic heterocycles. The van der Waals surface area contributed by atoms with Gasteiger partial charge in [-0.25, -0.2) is 8.42 Å². The van der Waals surface area contributed by atoms with Crippen LogP contribution >= 0.6 is 15.9 Å². The molecule has 1 N–H and O–H groups in total. The molecule has 0 spiro atoms. The van der Waals surface area contributed by atoms with Gasteiger partial charge in [-0.3, -0.25) is 13.9 Å². The number of benzene rings is 2. The summed E-state index contributed by atoms with van der Waals surface area (Å²) < 4.78 is 27.4. The zero-order valence-corrected chi connectivity index (χ0v) is 22.1. The molecule has 2 amide bonds. The predicted molar refractivity (Wildman–Crippen MR) is 135 cm³/mol. The van der Waals surface area contributed by atoms with Gasteiger partial charge in [-0.15, -0.1) is 0 Å². The number of carbonyl (C=O) groups excluding carboxylic acids is 2. The van der Waals surface area contributed by atoms with Crippen LogP contribution in [0.3, 0.4) is 0 Å². The molecule has 7 nitrogen and oxygen atoms in total. The number of amides is 2. The minimum Gasteiger partial charge on any atom is -0.352 e. The number of para-hydroxylation sites is 1. The van der Waals surface area contributed by atoms with E-state index < -0.39 is 28.5 Å². The van der Waals surface area contributed by atoms with E-state index in [1.54, 1.807) is 19.1 Å². The van der Waals surface area contributed by atoms with Crippen LogP contribution < -0.4 is 9.62 Å². The van der Waals surface area contributed by atoms with Crippen molar-refractivity contribution in [2.24, 2.45) is 0 Å². The van der Waals surface area contributed by atoms with E-state index in [9.17, 15) is 18.0 Å². The summed E-state index contributed by atoms with van der Waals surface area (Å²) in [5.74, 6) is -0.754. The van der Waals surface area contributed by atoms with Gasteiger partial charge in [0.15, 0.2) is 0 Å². The molecule has 0 saturated heterocycles. The minimum atomic E-state index is -3.74. The number of anilines is 1. The third-order valence-corrected chi connectivity index (χ3v) is 6.84. The molecule has 2 aromatic carbocycles. The minimum absolute atomic E-state index is 0.0893. The van der Waals surface area contributed by atoms with E-state index in [-0.39, 0.29) is 18.5 Å². The average Bonchev–Trinajstić information content (AvgIpc) is 2.75. The van der Waals surface area contributed by atoms with Crippen molar-refractivity contribution in [1.29, 1.82) is 0 Å². The van der Waals surface area contributed by atoms with Crippen molar-refractivity contribution in [2.45, 2.75) is 52.7 Å². The Morgan fingerprint density at radius 1 is 1.03 bits per heavy atom. The Labute approximate surface area is 205 Å². The number of hydrogen-bond donors (Lipinski definition) is 1. The molecule has 0 heterocycles. The van der Waals surface area contributed by atoms with Gasteiger partial charge >= 0.3 is 0 Å². The fourth-order valence-electron chi connectivity index (χ4n) is 3.42. The Balaban J connectivity index is 2.42. The normalized spacial score (nSPS) is 12.3. The second-order valence-electron chi connectivity index (χ2n) is 8.24. The van der Waals surface area contributed by atoms with Crippen LogP contribution in [0.25, 0.3) is 0 Å². The van der Waals surface area contributed by atoms with Crippen molar-refractivity contribution < 1.29 is 18.0 Å². The van der Waals surface area contributed by atoms with Crippen molar-refractivity contribution in [1.82, 2.24) is 10.2 Å². The Morgan fingerprint density at radius 3 is 2.18 bits per heavy atom. The van der Waals surface area contributed by atoms with Gasteiger partial charge in [0.25, 0.3) is 0 Å². The highest BCUT2D eigenvalue weighted by Crippen LogP contribution is 2.24.